The molecule has 0 spiro atoms. The topological polar surface area (TPSA) is 58.6 Å². The fourth-order valence-corrected chi connectivity index (χ4v) is 3.42. The lowest BCUT2D eigenvalue weighted by Gasteiger charge is -2.33. The van der Waals surface area contributed by atoms with Crippen molar-refractivity contribution in [2.45, 2.75) is 19.8 Å². The Kier molecular flexibility index (Phi) is 6.01. The molecule has 5 nitrogen and oxygen atoms in total. The number of hydrogen-bond acceptors (Lipinski definition) is 4. The standard InChI is InChI=1S/C21H23ClN2O3/c1-14-3-6-17(7-4-14)24-11-9-15(10-12-24)20(25)23-19-13-16(21(26)27-2)5-8-18(19)22/h3-8,13,15H,9-12H2,1-2H3,(H,23,25). The number of anilines is 2. The zero-order valence-corrected chi connectivity index (χ0v) is 16.3. The first-order valence-electron chi connectivity index (χ1n) is 8.98. The molecule has 142 valence electrons. The second kappa shape index (κ2) is 8.44. The second-order valence-electron chi connectivity index (χ2n) is 6.77. The van der Waals surface area contributed by atoms with Gasteiger partial charge in [-0.1, -0.05) is 29.3 Å². The molecular formula is C21H23ClN2O3. The number of methoxy groups -OCH3 is 1. The molecular weight excluding hydrogens is 364 g/mol. The van der Waals surface area contributed by atoms with E-state index in [9.17, 15) is 9.59 Å². The van der Waals surface area contributed by atoms with E-state index in [4.69, 9.17) is 16.3 Å². The molecule has 0 aliphatic carbocycles. The van der Waals surface area contributed by atoms with Crippen LogP contribution in [-0.2, 0) is 9.53 Å². The van der Waals surface area contributed by atoms with Gasteiger partial charge < -0.3 is 15.0 Å². The van der Waals surface area contributed by atoms with Crippen LogP contribution in [0.25, 0.3) is 0 Å². The molecule has 0 bridgehead atoms. The molecule has 1 N–H and O–H groups in total. The van der Waals surface area contributed by atoms with Gasteiger partial charge in [-0.25, -0.2) is 4.79 Å². The number of nitrogens with zero attached hydrogens (tertiary/aromatic N) is 1. The Bertz CT molecular complexity index is 828. The highest BCUT2D eigenvalue weighted by Crippen LogP contribution is 2.27. The van der Waals surface area contributed by atoms with Crippen molar-refractivity contribution in [1.29, 1.82) is 0 Å². The molecule has 1 aliphatic rings. The van der Waals surface area contributed by atoms with Gasteiger partial charge in [-0.2, -0.15) is 0 Å². The van der Waals surface area contributed by atoms with Gasteiger partial charge in [-0.3, -0.25) is 4.79 Å². The summed E-state index contributed by atoms with van der Waals surface area (Å²) in [4.78, 5) is 26.6. The van der Waals surface area contributed by atoms with E-state index < -0.39 is 5.97 Å². The van der Waals surface area contributed by atoms with Crippen molar-refractivity contribution < 1.29 is 14.3 Å². The van der Waals surface area contributed by atoms with Gasteiger partial charge >= 0.3 is 5.97 Å². The smallest absolute Gasteiger partial charge is 0.337 e. The lowest BCUT2D eigenvalue weighted by molar-refractivity contribution is -0.120. The van der Waals surface area contributed by atoms with Gasteiger partial charge in [0.05, 0.1) is 23.4 Å². The molecule has 0 saturated carbocycles. The lowest BCUT2D eigenvalue weighted by Crippen LogP contribution is -2.38. The minimum atomic E-state index is -0.464. The molecule has 0 radical (unpaired) electrons. The van der Waals surface area contributed by atoms with Crippen LogP contribution in [0.2, 0.25) is 5.02 Å². The van der Waals surface area contributed by atoms with Gasteiger partial charge in [0.2, 0.25) is 5.91 Å². The van der Waals surface area contributed by atoms with Crippen molar-refractivity contribution in [2.24, 2.45) is 5.92 Å². The molecule has 0 unspecified atom stereocenters. The van der Waals surface area contributed by atoms with E-state index >= 15 is 0 Å². The summed E-state index contributed by atoms with van der Waals surface area (Å²) in [5, 5.41) is 3.26. The van der Waals surface area contributed by atoms with Crippen LogP contribution in [0.4, 0.5) is 11.4 Å². The molecule has 27 heavy (non-hydrogen) atoms. The average molecular weight is 387 g/mol. The number of carbonyl (C=O) groups is 2. The van der Waals surface area contributed by atoms with Crippen LogP contribution < -0.4 is 10.2 Å². The SMILES string of the molecule is COC(=O)c1ccc(Cl)c(NC(=O)C2CCN(c3ccc(C)cc3)CC2)c1. The van der Waals surface area contributed by atoms with E-state index in [1.54, 1.807) is 18.2 Å². The first kappa shape index (κ1) is 19.2. The monoisotopic (exact) mass is 386 g/mol. The number of piperidine rings is 1. The van der Waals surface area contributed by atoms with Gasteiger partial charge in [0.25, 0.3) is 0 Å². The number of aryl methyl sites for hydroxylation is 1. The molecule has 1 amide bonds. The molecule has 0 atom stereocenters. The number of ether oxygens (including phenoxy) is 1. The molecule has 1 heterocycles. The van der Waals surface area contributed by atoms with Gasteiger partial charge in [-0.15, -0.1) is 0 Å². The second-order valence-corrected chi connectivity index (χ2v) is 7.18. The summed E-state index contributed by atoms with van der Waals surface area (Å²) in [5.41, 5.74) is 3.21. The molecule has 6 heteroatoms. The summed E-state index contributed by atoms with van der Waals surface area (Å²) < 4.78 is 4.71. The van der Waals surface area contributed by atoms with Crippen LogP contribution in [0, 0.1) is 12.8 Å². The number of amides is 1. The van der Waals surface area contributed by atoms with Crippen LogP contribution in [0.1, 0.15) is 28.8 Å². The zero-order chi connectivity index (χ0) is 19.4. The molecule has 1 aliphatic heterocycles. The van der Waals surface area contributed by atoms with Crippen molar-refractivity contribution in [1.82, 2.24) is 0 Å². The Hall–Kier alpha value is -2.53. The number of carbonyl (C=O) groups excluding carboxylic acids is 2. The van der Waals surface area contributed by atoms with Crippen LogP contribution in [0.15, 0.2) is 42.5 Å². The van der Waals surface area contributed by atoms with Crippen molar-refractivity contribution >= 4 is 34.9 Å². The third-order valence-electron chi connectivity index (χ3n) is 4.91. The Labute approximate surface area is 164 Å². The maximum Gasteiger partial charge on any atom is 0.337 e. The van der Waals surface area contributed by atoms with Crippen LogP contribution in [-0.4, -0.2) is 32.1 Å². The van der Waals surface area contributed by atoms with E-state index in [1.165, 1.54) is 18.4 Å². The van der Waals surface area contributed by atoms with Crippen molar-refractivity contribution in [3.63, 3.8) is 0 Å². The van der Waals surface area contributed by atoms with Gasteiger partial charge in [0.15, 0.2) is 0 Å². The summed E-state index contributed by atoms with van der Waals surface area (Å²) >= 11 is 6.17. The van der Waals surface area contributed by atoms with E-state index in [0.717, 1.165) is 25.9 Å². The normalized spacial score (nSPS) is 14.7. The first-order chi connectivity index (χ1) is 13.0. The Morgan fingerprint density at radius 3 is 2.41 bits per heavy atom. The Morgan fingerprint density at radius 1 is 1.11 bits per heavy atom. The number of halogens is 1. The predicted octanol–water partition coefficient (Wildman–Crippen LogP) is 4.29. The molecule has 0 aromatic heterocycles. The molecule has 2 aromatic rings. The Balaban J connectivity index is 1.61. The van der Waals surface area contributed by atoms with E-state index in [1.807, 2.05) is 0 Å². The summed E-state index contributed by atoms with van der Waals surface area (Å²) in [5.74, 6) is -0.611. The maximum absolute atomic E-state index is 12.7. The van der Waals surface area contributed by atoms with Crippen LogP contribution in [0.3, 0.4) is 0 Å². The predicted molar refractivity (Wildman–Crippen MR) is 108 cm³/mol. The first-order valence-corrected chi connectivity index (χ1v) is 9.36. The average Bonchev–Trinajstić information content (AvgIpc) is 2.69. The number of rotatable bonds is 4. The van der Waals surface area contributed by atoms with Gasteiger partial charge in [0.1, 0.15) is 0 Å². The zero-order valence-electron chi connectivity index (χ0n) is 15.5. The fourth-order valence-electron chi connectivity index (χ4n) is 3.26. The minimum absolute atomic E-state index is 0.0672. The third-order valence-corrected chi connectivity index (χ3v) is 5.24. The van der Waals surface area contributed by atoms with Crippen molar-refractivity contribution in [3.05, 3.63) is 58.6 Å². The molecule has 1 saturated heterocycles. The van der Waals surface area contributed by atoms with Gasteiger partial charge in [-0.05, 0) is 50.1 Å². The highest BCUT2D eigenvalue weighted by Gasteiger charge is 2.25. The summed E-state index contributed by atoms with van der Waals surface area (Å²) in [6.45, 7) is 3.73. The van der Waals surface area contributed by atoms with E-state index in [0.29, 0.717) is 16.3 Å². The molecule has 1 fully saturated rings. The highest BCUT2D eigenvalue weighted by atomic mass is 35.5. The third kappa shape index (κ3) is 4.61. The number of hydrogen-bond donors (Lipinski definition) is 1. The van der Waals surface area contributed by atoms with Crippen LogP contribution >= 0.6 is 11.6 Å². The van der Waals surface area contributed by atoms with Crippen LogP contribution in [0.5, 0.6) is 0 Å². The van der Waals surface area contributed by atoms with E-state index in [2.05, 4.69) is 41.4 Å². The molecule has 3 rings (SSSR count). The fraction of sp³-hybridized carbons (Fsp3) is 0.333. The van der Waals surface area contributed by atoms with Gasteiger partial charge in [0, 0.05) is 24.7 Å². The summed E-state index contributed by atoms with van der Waals surface area (Å²) in [6, 6.07) is 13.2. The lowest BCUT2D eigenvalue weighted by atomic mass is 9.95. The number of esters is 1. The minimum Gasteiger partial charge on any atom is -0.465 e. The maximum atomic E-state index is 12.7. The van der Waals surface area contributed by atoms with E-state index in [-0.39, 0.29) is 11.8 Å². The largest absolute Gasteiger partial charge is 0.465 e. The van der Waals surface area contributed by atoms with Crippen molar-refractivity contribution in [2.75, 3.05) is 30.4 Å². The number of nitrogens with one attached hydrogen (secondary N) is 1. The van der Waals surface area contributed by atoms with Crippen molar-refractivity contribution in [3.8, 4) is 0 Å². The highest BCUT2D eigenvalue weighted by molar-refractivity contribution is 6.33. The summed E-state index contributed by atoms with van der Waals surface area (Å²) in [6.07, 6.45) is 1.54. The Morgan fingerprint density at radius 2 is 1.78 bits per heavy atom. The summed E-state index contributed by atoms with van der Waals surface area (Å²) in [7, 11) is 1.32. The quantitative estimate of drug-likeness (QED) is 0.796. The molecule has 2 aromatic carbocycles. The number of benzene rings is 2.